The number of aromatic nitrogens is 2. The summed E-state index contributed by atoms with van der Waals surface area (Å²) >= 11 is 0. The lowest BCUT2D eigenvalue weighted by molar-refractivity contribution is -0.0570. The van der Waals surface area contributed by atoms with Gasteiger partial charge in [-0.15, -0.1) is 0 Å². The van der Waals surface area contributed by atoms with Crippen LogP contribution in [0.25, 0.3) is 0 Å². The van der Waals surface area contributed by atoms with Gasteiger partial charge in [0.1, 0.15) is 5.69 Å². The lowest BCUT2D eigenvalue weighted by Crippen LogP contribution is -2.46. The number of carbonyl (C=O) groups excluding carboxylic acids is 1. The van der Waals surface area contributed by atoms with E-state index in [0.717, 1.165) is 35.6 Å². The molecule has 4 fully saturated rings. The van der Waals surface area contributed by atoms with Crippen molar-refractivity contribution in [1.82, 2.24) is 9.97 Å². The normalized spacial score (nSPS) is 31.9. The highest BCUT2D eigenvalue weighted by molar-refractivity contribution is 6.03. The summed E-state index contributed by atoms with van der Waals surface area (Å²) in [6.07, 6.45) is 12.5. The van der Waals surface area contributed by atoms with Gasteiger partial charge < -0.3 is 10.3 Å². The largest absolute Gasteiger partial charge is 0.348 e. The van der Waals surface area contributed by atoms with Gasteiger partial charge in [0.25, 0.3) is 5.91 Å². The third-order valence-electron chi connectivity index (χ3n) is 7.04. The predicted octanol–water partition coefficient (Wildman–Crippen LogP) is 4.81. The molecule has 0 atom stereocenters. The molecule has 1 amide bonds. The summed E-state index contributed by atoms with van der Waals surface area (Å²) < 4.78 is 0. The second kappa shape index (κ2) is 6.26. The van der Waals surface area contributed by atoms with Gasteiger partial charge in [-0.25, -0.2) is 4.98 Å². The quantitative estimate of drug-likeness (QED) is 0.814. The molecular formula is C22H27N3O. The van der Waals surface area contributed by atoms with Gasteiger partial charge in [0.15, 0.2) is 0 Å². The van der Waals surface area contributed by atoms with Gasteiger partial charge in [-0.2, -0.15) is 0 Å². The molecule has 1 heterocycles. The van der Waals surface area contributed by atoms with Crippen molar-refractivity contribution in [3.8, 4) is 0 Å². The Morgan fingerprint density at radius 3 is 2.38 bits per heavy atom. The molecule has 6 rings (SSSR count). The summed E-state index contributed by atoms with van der Waals surface area (Å²) in [6.45, 7) is 0. The number of imidazole rings is 1. The SMILES string of the molecule is O=C(Nc1ccccc1)c1nc[nH]c1CCC12CC3CC(CC(C3)C1)C2. The molecule has 2 aromatic rings. The Balaban J connectivity index is 1.27. The zero-order valence-electron chi connectivity index (χ0n) is 15.2. The fraction of sp³-hybridized carbons (Fsp3) is 0.545. The van der Waals surface area contributed by atoms with Crippen molar-refractivity contribution >= 4 is 11.6 Å². The van der Waals surface area contributed by atoms with Crippen molar-refractivity contribution in [1.29, 1.82) is 0 Å². The first kappa shape index (κ1) is 16.1. The molecule has 0 spiro atoms. The Kier molecular flexibility index (Phi) is 3.87. The van der Waals surface area contributed by atoms with Crippen LogP contribution in [0, 0.1) is 23.2 Å². The Morgan fingerprint density at radius 1 is 1.08 bits per heavy atom. The fourth-order valence-corrected chi connectivity index (χ4v) is 6.41. The highest BCUT2D eigenvalue weighted by Gasteiger charge is 2.50. The fourth-order valence-electron chi connectivity index (χ4n) is 6.41. The number of H-pyrrole nitrogens is 1. The Morgan fingerprint density at radius 2 is 1.73 bits per heavy atom. The van der Waals surface area contributed by atoms with Gasteiger partial charge in [-0.1, -0.05) is 18.2 Å². The van der Waals surface area contributed by atoms with Crippen LogP contribution in [0.5, 0.6) is 0 Å². The van der Waals surface area contributed by atoms with Crippen LogP contribution in [0.4, 0.5) is 5.69 Å². The van der Waals surface area contributed by atoms with E-state index >= 15 is 0 Å². The van der Waals surface area contributed by atoms with E-state index in [1.54, 1.807) is 6.33 Å². The number of para-hydroxylation sites is 1. The van der Waals surface area contributed by atoms with Crippen LogP contribution in [-0.2, 0) is 6.42 Å². The zero-order chi connectivity index (χ0) is 17.6. The number of rotatable bonds is 5. The molecule has 0 saturated heterocycles. The maximum atomic E-state index is 12.6. The van der Waals surface area contributed by atoms with Gasteiger partial charge in [0.2, 0.25) is 0 Å². The van der Waals surface area contributed by atoms with Crippen molar-refractivity contribution in [2.75, 3.05) is 5.32 Å². The molecule has 136 valence electrons. The number of hydrogen-bond acceptors (Lipinski definition) is 2. The molecule has 26 heavy (non-hydrogen) atoms. The molecule has 4 bridgehead atoms. The molecule has 4 saturated carbocycles. The number of hydrogen-bond donors (Lipinski definition) is 2. The number of aromatic amines is 1. The van der Waals surface area contributed by atoms with Gasteiger partial charge in [-0.3, -0.25) is 4.79 Å². The number of amides is 1. The minimum absolute atomic E-state index is 0.113. The third-order valence-corrected chi connectivity index (χ3v) is 7.04. The van der Waals surface area contributed by atoms with Gasteiger partial charge in [0, 0.05) is 11.4 Å². The molecule has 1 aromatic carbocycles. The molecule has 1 aromatic heterocycles. The van der Waals surface area contributed by atoms with E-state index in [2.05, 4.69) is 15.3 Å². The van der Waals surface area contributed by atoms with E-state index in [0.29, 0.717) is 11.1 Å². The summed E-state index contributed by atoms with van der Waals surface area (Å²) in [6, 6.07) is 9.60. The van der Waals surface area contributed by atoms with E-state index in [-0.39, 0.29) is 5.91 Å². The van der Waals surface area contributed by atoms with Crippen LogP contribution in [-0.4, -0.2) is 15.9 Å². The van der Waals surface area contributed by atoms with E-state index in [9.17, 15) is 4.79 Å². The van der Waals surface area contributed by atoms with Crippen LogP contribution in [0.3, 0.4) is 0 Å². The highest BCUT2D eigenvalue weighted by atomic mass is 16.1. The summed E-state index contributed by atoms with van der Waals surface area (Å²) in [5.41, 5.74) is 2.90. The number of anilines is 1. The van der Waals surface area contributed by atoms with Gasteiger partial charge in [0.05, 0.1) is 6.33 Å². The van der Waals surface area contributed by atoms with Crippen molar-refractivity contribution in [2.45, 2.75) is 51.4 Å². The van der Waals surface area contributed by atoms with Crippen LogP contribution < -0.4 is 5.32 Å². The second-order valence-electron chi connectivity index (χ2n) is 8.97. The molecule has 2 N–H and O–H groups in total. The molecular weight excluding hydrogens is 322 g/mol. The molecule has 4 aliphatic carbocycles. The third kappa shape index (κ3) is 2.95. The molecule has 0 unspecified atom stereocenters. The van der Waals surface area contributed by atoms with E-state index < -0.39 is 0 Å². The first-order chi connectivity index (χ1) is 12.7. The van der Waals surface area contributed by atoms with Crippen LogP contribution in [0.2, 0.25) is 0 Å². The lowest BCUT2D eigenvalue weighted by atomic mass is 9.48. The van der Waals surface area contributed by atoms with E-state index in [4.69, 9.17) is 0 Å². The summed E-state index contributed by atoms with van der Waals surface area (Å²) in [5, 5.41) is 2.96. The number of nitrogens with one attached hydrogen (secondary N) is 2. The lowest BCUT2D eigenvalue weighted by Gasteiger charge is -2.57. The zero-order valence-corrected chi connectivity index (χ0v) is 15.2. The van der Waals surface area contributed by atoms with Crippen LogP contribution >= 0.6 is 0 Å². The summed E-state index contributed by atoms with van der Waals surface area (Å²) in [7, 11) is 0. The maximum Gasteiger partial charge on any atom is 0.276 e. The molecule has 4 heteroatoms. The van der Waals surface area contributed by atoms with E-state index in [1.165, 1.54) is 44.9 Å². The highest BCUT2D eigenvalue weighted by Crippen LogP contribution is 2.61. The van der Waals surface area contributed by atoms with Gasteiger partial charge in [-0.05, 0) is 86.7 Å². The van der Waals surface area contributed by atoms with Crippen LogP contribution in [0.15, 0.2) is 36.7 Å². The van der Waals surface area contributed by atoms with E-state index in [1.807, 2.05) is 30.3 Å². The van der Waals surface area contributed by atoms with Crippen molar-refractivity contribution in [3.05, 3.63) is 48.0 Å². The number of benzene rings is 1. The van der Waals surface area contributed by atoms with Crippen molar-refractivity contribution in [2.24, 2.45) is 23.2 Å². The first-order valence-corrected chi connectivity index (χ1v) is 10.1. The minimum atomic E-state index is -0.113. The molecule has 4 aliphatic rings. The standard InChI is InChI=1S/C22H27N3O/c26-21(25-18-4-2-1-3-5-18)20-19(23-14-24-20)6-7-22-11-15-8-16(12-22)10-17(9-15)13-22/h1-5,14-17H,6-13H2,(H,23,24)(H,25,26). The monoisotopic (exact) mass is 349 g/mol. The molecule has 0 radical (unpaired) electrons. The number of carbonyl (C=O) groups is 1. The molecule has 4 nitrogen and oxygen atoms in total. The maximum absolute atomic E-state index is 12.6. The second-order valence-corrected chi connectivity index (χ2v) is 8.97. The Bertz CT molecular complexity index is 759. The van der Waals surface area contributed by atoms with Crippen molar-refractivity contribution < 1.29 is 4.79 Å². The average Bonchev–Trinajstić information content (AvgIpc) is 3.09. The van der Waals surface area contributed by atoms with Crippen LogP contribution in [0.1, 0.15) is 61.1 Å². The van der Waals surface area contributed by atoms with Crippen molar-refractivity contribution in [3.63, 3.8) is 0 Å². The van der Waals surface area contributed by atoms with Gasteiger partial charge >= 0.3 is 0 Å². The average molecular weight is 349 g/mol. The topological polar surface area (TPSA) is 57.8 Å². The smallest absolute Gasteiger partial charge is 0.276 e. The predicted molar refractivity (Wildman–Crippen MR) is 102 cm³/mol. The summed E-state index contributed by atoms with van der Waals surface area (Å²) in [5.74, 6) is 2.81. The summed E-state index contributed by atoms with van der Waals surface area (Å²) in [4.78, 5) is 20.2. The number of nitrogens with zero attached hydrogens (tertiary/aromatic N) is 1. The Hall–Kier alpha value is -2.10. The first-order valence-electron chi connectivity index (χ1n) is 10.1. The molecule has 0 aliphatic heterocycles. The number of aryl methyl sites for hydroxylation is 1. The Labute approximate surface area is 154 Å². The minimum Gasteiger partial charge on any atom is -0.348 e.